The lowest BCUT2D eigenvalue weighted by Gasteiger charge is -2.26. The third kappa shape index (κ3) is 51.9. The molecule has 0 aromatic rings. The van der Waals surface area contributed by atoms with Crippen LogP contribution in [0.2, 0.25) is 0 Å². The van der Waals surface area contributed by atoms with E-state index < -0.39 is 24.3 Å². The standard InChI is InChI=1S/C59H113NO8/c1-6-8-10-12-14-16-18-20-22-24-25-26-27-28-29-30-31-32-33-34-36-37-39-41-43-45-47-49-56(61)66-53-55(54-67-59(58(63)64)65-52-51-60(3,4)5)68-57(62)50-48-46-44-42-40-38-35-23-21-19-17-15-13-11-9-7-2/h23,35,55,59H,6-22,24-34,36-54H2,1-5H3/b35-23-. The molecule has 0 aliphatic rings. The Morgan fingerprint density at radius 2 is 0.750 bits per heavy atom. The van der Waals surface area contributed by atoms with Crippen molar-refractivity contribution in [3.63, 3.8) is 0 Å². The Labute approximate surface area is 421 Å². The molecule has 9 heteroatoms. The molecule has 0 saturated carbocycles. The Morgan fingerprint density at radius 1 is 0.426 bits per heavy atom. The van der Waals surface area contributed by atoms with Gasteiger partial charge >= 0.3 is 11.9 Å². The number of rotatable bonds is 55. The molecule has 68 heavy (non-hydrogen) atoms. The van der Waals surface area contributed by atoms with Crippen LogP contribution in [0.25, 0.3) is 0 Å². The molecule has 0 amide bonds. The van der Waals surface area contributed by atoms with Crippen molar-refractivity contribution in [2.45, 2.75) is 302 Å². The molecule has 0 rings (SSSR count). The number of unbranched alkanes of at least 4 members (excludes halogenated alkanes) is 38. The predicted molar refractivity (Wildman–Crippen MR) is 283 cm³/mol. The van der Waals surface area contributed by atoms with E-state index in [0.29, 0.717) is 23.9 Å². The molecule has 2 atom stereocenters. The van der Waals surface area contributed by atoms with E-state index in [1.54, 1.807) is 0 Å². The van der Waals surface area contributed by atoms with Gasteiger partial charge in [-0.2, -0.15) is 0 Å². The zero-order valence-corrected chi connectivity index (χ0v) is 45.8. The van der Waals surface area contributed by atoms with Gasteiger partial charge in [0.2, 0.25) is 0 Å². The fraction of sp³-hybridized carbons (Fsp3) is 0.915. The van der Waals surface area contributed by atoms with Gasteiger partial charge in [0.1, 0.15) is 13.2 Å². The van der Waals surface area contributed by atoms with Crippen molar-refractivity contribution in [3.05, 3.63) is 12.2 Å². The number of carboxylic acids is 1. The van der Waals surface area contributed by atoms with Gasteiger partial charge in [0.15, 0.2) is 12.4 Å². The summed E-state index contributed by atoms with van der Waals surface area (Å²) in [6, 6.07) is 0. The van der Waals surface area contributed by atoms with Crippen LogP contribution < -0.4 is 5.11 Å². The summed E-state index contributed by atoms with van der Waals surface area (Å²) in [5.74, 6) is -2.27. The highest BCUT2D eigenvalue weighted by Gasteiger charge is 2.22. The van der Waals surface area contributed by atoms with Gasteiger partial charge in [-0.15, -0.1) is 0 Å². The van der Waals surface area contributed by atoms with Crippen molar-refractivity contribution in [2.75, 3.05) is 47.5 Å². The molecule has 402 valence electrons. The molecule has 0 saturated heterocycles. The number of esters is 2. The topological polar surface area (TPSA) is 111 Å². The third-order valence-corrected chi connectivity index (χ3v) is 13.3. The molecule has 0 heterocycles. The molecule has 0 aliphatic heterocycles. The van der Waals surface area contributed by atoms with E-state index in [9.17, 15) is 19.5 Å². The van der Waals surface area contributed by atoms with Gasteiger partial charge in [0, 0.05) is 12.8 Å². The monoisotopic (exact) mass is 964 g/mol. The van der Waals surface area contributed by atoms with Gasteiger partial charge in [-0.05, 0) is 38.5 Å². The quantitative estimate of drug-likeness (QED) is 0.0195. The number of carbonyl (C=O) groups is 3. The number of hydrogen-bond donors (Lipinski definition) is 0. The number of carboxylic acid groups (broad SMARTS) is 1. The average molecular weight is 965 g/mol. The second-order valence-corrected chi connectivity index (χ2v) is 21.3. The Bertz CT molecular complexity index is 1120. The minimum atomic E-state index is -1.62. The predicted octanol–water partition coefficient (Wildman–Crippen LogP) is 15.6. The second kappa shape index (κ2) is 51.4. The van der Waals surface area contributed by atoms with Crippen LogP contribution in [0.4, 0.5) is 0 Å². The van der Waals surface area contributed by atoms with Gasteiger partial charge in [-0.25, -0.2) is 0 Å². The van der Waals surface area contributed by atoms with Gasteiger partial charge in [0.25, 0.3) is 0 Å². The minimum Gasteiger partial charge on any atom is -0.545 e. The first kappa shape index (κ1) is 66.0. The van der Waals surface area contributed by atoms with E-state index in [-0.39, 0.29) is 32.2 Å². The van der Waals surface area contributed by atoms with Crippen molar-refractivity contribution in [3.8, 4) is 0 Å². The second-order valence-electron chi connectivity index (χ2n) is 21.3. The first-order valence-corrected chi connectivity index (χ1v) is 29.3. The fourth-order valence-electron chi connectivity index (χ4n) is 8.71. The summed E-state index contributed by atoms with van der Waals surface area (Å²) < 4.78 is 22.7. The lowest BCUT2D eigenvalue weighted by atomic mass is 10.0. The summed E-state index contributed by atoms with van der Waals surface area (Å²) in [6.07, 6.45) is 55.5. The van der Waals surface area contributed by atoms with Crippen molar-refractivity contribution in [2.24, 2.45) is 0 Å². The molecule has 0 radical (unpaired) electrons. The summed E-state index contributed by atoms with van der Waals surface area (Å²) in [5.41, 5.74) is 0. The number of hydrogen-bond acceptors (Lipinski definition) is 8. The number of ether oxygens (including phenoxy) is 4. The van der Waals surface area contributed by atoms with Crippen LogP contribution in [-0.4, -0.2) is 82.3 Å². The number of quaternary nitrogens is 1. The molecule has 0 fully saturated rings. The Kier molecular flexibility index (Phi) is 49.9. The molecule has 9 nitrogen and oxygen atoms in total. The lowest BCUT2D eigenvalue weighted by Crippen LogP contribution is -2.44. The van der Waals surface area contributed by atoms with Crippen LogP contribution in [0.1, 0.15) is 290 Å². The van der Waals surface area contributed by atoms with Crippen molar-refractivity contribution >= 4 is 17.9 Å². The maximum absolute atomic E-state index is 12.8. The molecule has 2 unspecified atom stereocenters. The molecule has 0 aromatic carbocycles. The largest absolute Gasteiger partial charge is 0.545 e. The zero-order valence-electron chi connectivity index (χ0n) is 45.8. The van der Waals surface area contributed by atoms with E-state index in [0.717, 1.165) is 51.4 Å². The molecule has 0 N–H and O–H groups in total. The van der Waals surface area contributed by atoms with Crippen molar-refractivity contribution in [1.29, 1.82) is 0 Å². The van der Waals surface area contributed by atoms with Crippen LogP contribution in [-0.2, 0) is 33.3 Å². The molecule has 0 spiro atoms. The van der Waals surface area contributed by atoms with E-state index in [4.69, 9.17) is 18.9 Å². The minimum absolute atomic E-state index is 0.150. The number of allylic oxidation sites excluding steroid dienone is 2. The number of nitrogens with zero attached hydrogens (tertiary/aromatic N) is 1. The Hall–Kier alpha value is -1.97. The zero-order chi connectivity index (χ0) is 49.9. The number of carbonyl (C=O) groups excluding carboxylic acids is 3. The fourth-order valence-corrected chi connectivity index (χ4v) is 8.71. The van der Waals surface area contributed by atoms with Crippen LogP contribution >= 0.6 is 0 Å². The first-order chi connectivity index (χ1) is 33.1. The van der Waals surface area contributed by atoms with E-state index in [1.165, 1.54) is 205 Å². The average Bonchev–Trinajstić information content (AvgIpc) is 3.30. The lowest BCUT2D eigenvalue weighted by molar-refractivity contribution is -0.870. The number of likely N-dealkylation sites (N-methyl/N-ethyl adjacent to an activating group) is 1. The van der Waals surface area contributed by atoms with Crippen molar-refractivity contribution in [1.82, 2.24) is 0 Å². The third-order valence-electron chi connectivity index (χ3n) is 13.3. The van der Waals surface area contributed by atoms with E-state index >= 15 is 0 Å². The van der Waals surface area contributed by atoms with Crippen LogP contribution in [0.3, 0.4) is 0 Å². The number of aliphatic carboxylic acids is 1. The highest BCUT2D eigenvalue weighted by atomic mass is 16.7. The van der Waals surface area contributed by atoms with Gasteiger partial charge in [-0.1, -0.05) is 251 Å². The van der Waals surface area contributed by atoms with Crippen LogP contribution in [0, 0.1) is 0 Å². The first-order valence-electron chi connectivity index (χ1n) is 29.3. The SMILES string of the molecule is CCCCCCCCC/C=C\CCCCCCCC(=O)OC(COC(=O)CCCCCCCCCCCCCCCCCCCCCCCCCCCCC)COC(OCC[N+](C)(C)C)C(=O)[O-]. The highest BCUT2D eigenvalue weighted by molar-refractivity contribution is 5.70. The highest BCUT2D eigenvalue weighted by Crippen LogP contribution is 2.17. The summed E-state index contributed by atoms with van der Waals surface area (Å²) in [6.45, 7) is 4.79. The smallest absolute Gasteiger partial charge is 0.306 e. The molecular weight excluding hydrogens is 851 g/mol. The Balaban J connectivity index is 4.13. The Morgan fingerprint density at radius 3 is 1.09 bits per heavy atom. The summed E-state index contributed by atoms with van der Waals surface area (Å²) in [7, 11) is 5.93. The molecular formula is C59H113NO8. The summed E-state index contributed by atoms with van der Waals surface area (Å²) in [5, 5.41) is 11.8. The maximum atomic E-state index is 12.8. The summed E-state index contributed by atoms with van der Waals surface area (Å²) >= 11 is 0. The maximum Gasteiger partial charge on any atom is 0.306 e. The van der Waals surface area contributed by atoms with E-state index in [2.05, 4.69) is 26.0 Å². The van der Waals surface area contributed by atoms with Gasteiger partial charge in [0.05, 0.1) is 40.3 Å². The molecule has 0 aromatic heterocycles. The van der Waals surface area contributed by atoms with Gasteiger partial charge in [-0.3, -0.25) is 9.59 Å². The van der Waals surface area contributed by atoms with E-state index in [1.807, 2.05) is 21.1 Å². The van der Waals surface area contributed by atoms with Gasteiger partial charge < -0.3 is 33.3 Å². The molecule has 0 bridgehead atoms. The van der Waals surface area contributed by atoms with Crippen LogP contribution in [0.5, 0.6) is 0 Å². The molecule has 0 aliphatic carbocycles. The van der Waals surface area contributed by atoms with Crippen molar-refractivity contribution < 1.29 is 42.9 Å². The summed E-state index contributed by atoms with van der Waals surface area (Å²) in [4.78, 5) is 37.2. The normalized spacial score (nSPS) is 12.8. The van der Waals surface area contributed by atoms with Crippen LogP contribution in [0.15, 0.2) is 12.2 Å².